The number of carbonyl (C=O) groups excluding carboxylic acids is 2. The number of benzene rings is 2. The van der Waals surface area contributed by atoms with Crippen molar-refractivity contribution in [3.63, 3.8) is 0 Å². The zero-order chi connectivity index (χ0) is 21.7. The van der Waals surface area contributed by atoms with Crippen molar-refractivity contribution in [2.75, 3.05) is 18.1 Å². The summed E-state index contributed by atoms with van der Waals surface area (Å²) < 4.78 is 0.628. The maximum atomic E-state index is 12.9. The maximum Gasteiger partial charge on any atom is 0.273 e. The van der Waals surface area contributed by atoms with Crippen LogP contribution in [0.3, 0.4) is 0 Å². The first kappa shape index (κ1) is 21.5. The summed E-state index contributed by atoms with van der Waals surface area (Å²) in [7, 11) is 1.56. The van der Waals surface area contributed by atoms with Crippen LogP contribution in [0, 0.1) is 17.0 Å². The molecular weight excluding hydrogens is 424 g/mol. The van der Waals surface area contributed by atoms with Gasteiger partial charge in [-0.25, -0.2) is 4.98 Å². The minimum Gasteiger partial charge on any atom is -0.358 e. The van der Waals surface area contributed by atoms with E-state index in [1.54, 1.807) is 20.0 Å². The van der Waals surface area contributed by atoms with Gasteiger partial charge < -0.3 is 10.6 Å². The average Bonchev–Trinajstić information content (AvgIpc) is 3.15. The average molecular weight is 443 g/mol. The Bertz CT molecular complexity index is 1100. The summed E-state index contributed by atoms with van der Waals surface area (Å²) in [6, 6.07) is 13.7. The molecule has 0 bridgehead atoms. The Labute approximate surface area is 180 Å². The van der Waals surface area contributed by atoms with E-state index < -0.39 is 10.8 Å². The zero-order valence-electron chi connectivity index (χ0n) is 16.2. The van der Waals surface area contributed by atoms with Crippen LogP contribution in [0.5, 0.6) is 0 Å². The number of anilines is 1. The van der Waals surface area contributed by atoms with Gasteiger partial charge in [-0.1, -0.05) is 59.5 Å². The molecule has 8 nitrogen and oxygen atoms in total. The van der Waals surface area contributed by atoms with Crippen LogP contribution in [0.1, 0.15) is 15.9 Å². The molecule has 30 heavy (non-hydrogen) atoms. The molecule has 1 aromatic heterocycles. The summed E-state index contributed by atoms with van der Waals surface area (Å²) in [4.78, 5) is 39.7. The number of carbonyl (C=O) groups is 2. The molecule has 0 saturated heterocycles. The van der Waals surface area contributed by atoms with Crippen molar-refractivity contribution in [3.8, 4) is 11.3 Å². The van der Waals surface area contributed by atoms with Gasteiger partial charge in [0.25, 0.3) is 11.6 Å². The molecule has 2 amide bonds. The minimum atomic E-state index is -0.512. The first-order chi connectivity index (χ1) is 14.4. The van der Waals surface area contributed by atoms with Gasteiger partial charge in [0.1, 0.15) is 10.7 Å². The Morgan fingerprint density at radius 1 is 1.17 bits per heavy atom. The lowest BCUT2D eigenvalue weighted by Crippen LogP contribution is -2.19. The van der Waals surface area contributed by atoms with Gasteiger partial charge in [-0.3, -0.25) is 19.7 Å². The first-order valence-corrected chi connectivity index (χ1v) is 10.7. The van der Waals surface area contributed by atoms with E-state index in [1.165, 1.54) is 35.2 Å². The Morgan fingerprint density at radius 3 is 2.57 bits per heavy atom. The normalized spacial score (nSPS) is 10.5. The summed E-state index contributed by atoms with van der Waals surface area (Å²) in [6.07, 6.45) is 0. The molecule has 0 unspecified atom stereocenters. The number of nitrogens with zero attached hydrogens (tertiary/aromatic N) is 2. The van der Waals surface area contributed by atoms with Crippen molar-refractivity contribution in [3.05, 3.63) is 69.8 Å². The summed E-state index contributed by atoms with van der Waals surface area (Å²) in [5, 5.41) is 17.1. The van der Waals surface area contributed by atoms with E-state index in [0.717, 1.165) is 5.56 Å². The van der Waals surface area contributed by atoms with Crippen molar-refractivity contribution in [2.24, 2.45) is 0 Å². The molecule has 2 aromatic carbocycles. The number of rotatable bonds is 7. The zero-order valence-corrected chi connectivity index (χ0v) is 17.8. The molecule has 0 aliphatic heterocycles. The summed E-state index contributed by atoms with van der Waals surface area (Å²) in [5.74, 6) is -0.385. The van der Waals surface area contributed by atoms with E-state index in [1.807, 2.05) is 30.3 Å². The van der Waals surface area contributed by atoms with E-state index in [9.17, 15) is 19.7 Å². The van der Waals surface area contributed by atoms with Crippen LogP contribution >= 0.6 is 23.1 Å². The molecule has 0 atom stereocenters. The van der Waals surface area contributed by atoms with E-state index >= 15 is 0 Å². The van der Waals surface area contributed by atoms with Gasteiger partial charge in [0, 0.05) is 29.8 Å². The van der Waals surface area contributed by atoms with Crippen molar-refractivity contribution in [1.82, 2.24) is 10.3 Å². The van der Waals surface area contributed by atoms with Crippen LogP contribution in [0.25, 0.3) is 11.3 Å². The third-order valence-electron chi connectivity index (χ3n) is 4.23. The van der Waals surface area contributed by atoms with Crippen LogP contribution in [0.4, 0.5) is 10.7 Å². The highest BCUT2D eigenvalue weighted by Crippen LogP contribution is 2.38. The third kappa shape index (κ3) is 4.84. The van der Waals surface area contributed by atoms with Gasteiger partial charge in [-0.2, -0.15) is 0 Å². The maximum absolute atomic E-state index is 12.9. The molecule has 0 fully saturated rings. The molecule has 3 rings (SSSR count). The lowest BCUT2D eigenvalue weighted by Gasteiger charge is -2.08. The van der Waals surface area contributed by atoms with Crippen LogP contribution in [0.15, 0.2) is 52.9 Å². The highest BCUT2D eigenvalue weighted by molar-refractivity contribution is 8.01. The predicted octanol–water partition coefficient (Wildman–Crippen LogP) is 4.12. The lowest BCUT2D eigenvalue weighted by molar-refractivity contribution is -0.385. The first-order valence-electron chi connectivity index (χ1n) is 8.85. The molecule has 10 heteroatoms. The molecule has 3 aromatic rings. The number of hydrogen-bond acceptors (Lipinski definition) is 7. The molecule has 154 valence electrons. The van der Waals surface area contributed by atoms with Gasteiger partial charge in [-0.15, -0.1) is 0 Å². The summed E-state index contributed by atoms with van der Waals surface area (Å²) in [6.45, 7) is 1.54. The van der Waals surface area contributed by atoms with Gasteiger partial charge in [0.15, 0.2) is 4.34 Å². The highest BCUT2D eigenvalue weighted by atomic mass is 32.2. The molecule has 1 heterocycles. The number of hydrogen-bond donors (Lipinski definition) is 2. The second-order valence-electron chi connectivity index (χ2n) is 6.15. The molecule has 2 N–H and O–H groups in total. The smallest absolute Gasteiger partial charge is 0.273 e. The quantitative estimate of drug-likeness (QED) is 0.323. The Morgan fingerprint density at radius 2 is 1.90 bits per heavy atom. The van der Waals surface area contributed by atoms with Gasteiger partial charge in [-0.05, 0) is 13.0 Å². The van der Waals surface area contributed by atoms with Gasteiger partial charge >= 0.3 is 0 Å². The standard InChI is InChI=1S/C20H18N4O4S2/c1-12-14(9-6-10-15(12)24(27)28)18(26)23-19-17(13-7-4-3-5-8-13)22-20(30-19)29-11-16(25)21-2/h3-10H,11H2,1-2H3,(H,21,25)(H,23,26). The Hall–Kier alpha value is -3.24. The van der Waals surface area contributed by atoms with E-state index in [-0.39, 0.29) is 22.9 Å². The largest absolute Gasteiger partial charge is 0.358 e. The van der Waals surface area contributed by atoms with Gasteiger partial charge in [0.05, 0.1) is 10.7 Å². The van der Waals surface area contributed by atoms with Crippen LogP contribution in [0.2, 0.25) is 0 Å². The fraction of sp³-hybridized carbons (Fsp3) is 0.150. The number of aromatic nitrogens is 1. The molecule has 0 aliphatic carbocycles. The topological polar surface area (TPSA) is 114 Å². The van der Waals surface area contributed by atoms with Crippen LogP contribution in [-0.2, 0) is 4.79 Å². The molecule has 0 aliphatic rings. The number of thiazole rings is 1. The van der Waals surface area contributed by atoms with E-state index in [2.05, 4.69) is 15.6 Å². The van der Waals surface area contributed by atoms with Gasteiger partial charge in [0.2, 0.25) is 5.91 Å². The number of amides is 2. The van der Waals surface area contributed by atoms with Crippen molar-refractivity contribution in [1.29, 1.82) is 0 Å². The molecule has 0 saturated carbocycles. The molecule has 0 radical (unpaired) electrons. The SMILES string of the molecule is CNC(=O)CSc1nc(-c2ccccc2)c(NC(=O)c2cccc([N+](=O)[O-])c2C)s1. The van der Waals surface area contributed by atoms with E-state index in [4.69, 9.17) is 0 Å². The fourth-order valence-corrected chi connectivity index (χ4v) is 4.61. The summed E-state index contributed by atoms with van der Waals surface area (Å²) in [5.41, 5.74) is 1.79. The number of nitrogens with one attached hydrogen (secondary N) is 2. The number of thioether (sulfide) groups is 1. The third-order valence-corrected chi connectivity index (χ3v) is 6.35. The number of nitro benzene ring substituents is 1. The number of nitro groups is 1. The second kappa shape index (κ2) is 9.51. The monoisotopic (exact) mass is 442 g/mol. The van der Waals surface area contributed by atoms with Crippen molar-refractivity contribution in [2.45, 2.75) is 11.3 Å². The Balaban J connectivity index is 1.93. The van der Waals surface area contributed by atoms with Crippen LogP contribution < -0.4 is 10.6 Å². The predicted molar refractivity (Wildman–Crippen MR) is 118 cm³/mol. The van der Waals surface area contributed by atoms with Crippen molar-refractivity contribution < 1.29 is 14.5 Å². The molecule has 0 spiro atoms. The Kier molecular flexibility index (Phi) is 6.80. The molecular formula is C20H18N4O4S2. The van der Waals surface area contributed by atoms with Crippen molar-refractivity contribution >= 4 is 45.6 Å². The minimum absolute atomic E-state index is 0.114. The summed E-state index contributed by atoms with van der Waals surface area (Å²) >= 11 is 2.52. The fourth-order valence-electron chi connectivity index (χ4n) is 2.68. The highest BCUT2D eigenvalue weighted by Gasteiger charge is 2.21. The second-order valence-corrected chi connectivity index (χ2v) is 8.37. The van der Waals surface area contributed by atoms with Crippen LogP contribution in [-0.4, -0.2) is 34.5 Å². The lowest BCUT2D eigenvalue weighted by atomic mass is 10.1. The van der Waals surface area contributed by atoms with E-state index in [0.29, 0.717) is 20.6 Å².